The number of hydrogen-bond donors (Lipinski definition) is 1. The van der Waals surface area contributed by atoms with E-state index in [4.69, 9.17) is 0 Å². The van der Waals surface area contributed by atoms with E-state index in [1.165, 1.54) is 6.08 Å². The monoisotopic (exact) mass is 239 g/mol. The Bertz CT molecular complexity index is 490. The molecule has 0 radical (unpaired) electrons. The third-order valence-corrected chi connectivity index (χ3v) is 3.23. The number of isocyanates is 1. The largest absolute Gasteiger partial charge is 0.507 e. The highest BCUT2D eigenvalue weighted by Gasteiger charge is 2.38. The molecular weight excluding hydrogens is 228 g/mol. The maximum Gasteiger partial charge on any atom is 0.235 e. The summed E-state index contributed by atoms with van der Waals surface area (Å²) < 4.78 is 26.1. The van der Waals surface area contributed by atoms with Gasteiger partial charge in [-0.2, -0.15) is 4.99 Å². The summed E-state index contributed by atoms with van der Waals surface area (Å²) in [6.07, 6.45) is 4.16. The first-order valence-electron chi connectivity index (χ1n) is 5.36. The lowest BCUT2D eigenvalue weighted by atomic mass is 9.88. The molecule has 0 spiro atoms. The second kappa shape index (κ2) is 4.26. The van der Waals surface area contributed by atoms with Crippen LogP contribution in [0, 0.1) is 11.6 Å². The van der Waals surface area contributed by atoms with Gasteiger partial charge in [-0.05, 0) is 18.9 Å². The van der Waals surface area contributed by atoms with Crippen molar-refractivity contribution in [3.63, 3.8) is 0 Å². The standard InChI is InChI=1S/C12H11F2NO2/c13-9-5-8(11(17)6-10(9)14)12(15-7-16)3-1-2-4-12/h5-6,17H,1-4H2. The van der Waals surface area contributed by atoms with Crippen molar-refractivity contribution in [3.8, 4) is 5.75 Å². The van der Waals surface area contributed by atoms with Crippen LogP contribution >= 0.6 is 0 Å². The minimum Gasteiger partial charge on any atom is -0.507 e. The third-order valence-electron chi connectivity index (χ3n) is 3.23. The quantitative estimate of drug-likeness (QED) is 0.637. The zero-order valence-electron chi connectivity index (χ0n) is 9.04. The summed E-state index contributed by atoms with van der Waals surface area (Å²) in [5, 5.41) is 9.67. The summed E-state index contributed by atoms with van der Waals surface area (Å²) in [6.45, 7) is 0. The number of hydrogen-bond acceptors (Lipinski definition) is 3. The van der Waals surface area contributed by atoms with Crippen molar-refractivity contribution >= 4 is 6.08 Å². The molecule has 3 nitrogen and oxygen atoms in total. The molecule has 0 saturated heterocycles. The highest BCUT2D eigenvalue weighted by molar-refractivity contribution is 5.44. The molecule has 0 unspecified atom stereocenters. The Kier molecular flexibility index (Phi) is 2.94. The average molecular weight is 239 g/mol. The van der Waals surface area contributed by atoms with Gasteiger partial charge in [0.1, 0.15) is 11.3 Å². The van der Waals surface area contributed by atoms with Crippen LogP contribution in [0.15, 0.2) is 17.1 Å². The normalized spacial score (nSPS) is 17.8. The Balaban J connectivity index is 2.57. The fourth-order valence-electron chi connectivity index (χ4n) is 2.40. The molecule has 5 heteroatoms. The summed E-state index contributed by atoms with van der Waals surface area (Å²) in [7, 11) is 0. The number of phenols is 1. The SMILES string of the molecule is O=C=NC1(c2cc(F)c(F)cc2O)CCCC1. The summed E-state index contributed by atoms with van der Waals surface area (Å²) >= 11 is 0. The number of phenolic OH excluding ortho intramolecular Hbond substituents is 1. The van der Waals surface area contributed by atoms with E-state index in [1.54, 1.807) is 0 Å². The molecule has 1 aliphatic rings. The Morgan fingerprint density at radius 1 is 1.24 bits per heavy atom. The first kappa shape index (κ1) is 11.7. The van der Waals surface area contributed by atoms with E-state index in [-0.39, 0.29) is 11.3 Å². The molecule has 0 aliphatic heterocycles. The van der Waals surface area contributed by atoms with Crippen LogP contribution in [0.1, 0.15) is 31.2 Å². The van der Waals surface area contributed by atoms with Gasteiger partial charge in [-0.15, -0.1) is 0 Å². The van der Waals surface area contributed by atoms with Gasteiger partial charge in [-0.1, -0.05) is 12.8 Å². The molecule has 0 amide bonds. The number of benzene rings is 1. The molecule has 0 heterocycles. The zero-order chi connectivity index (χ0) is 12.5. The van der Waals surface area contributed by atoms with E-state index in [0.717, 1.165) is 18.9 Å². The summed E-state index contributed by atoms with van der Waals surface area (Å²) in [6, 6.07) is 1.63. The van der Waals surface area contributed by atoms with Crippen LogP contribution in [-0.2, 0) is 10.3 Å². The second-order valence-corrected chi connectivity index (χ2v) is 4.23. The molecule has 0 aromatic heterocycles. The predicted molar refractivity (Wildman–Crippen MR) is 56.3 cm³/mol. The zero-order valence-corrected chi connectivity index (χ0v) is 9.04. The van der Waals surface area contributed by atoms with Gasteiger partial charge in [0.25, 0.3) is 0 Å². The summed E-state index contributed by atoms with van der Waals surface area (Å²) in [5.74, 6) is -2.54. The minimum absolute atomic E-state index is 0.164. The molecule has 0 atom stereocenters. The first-order chi connectivity index (χ1) is 8.09. The Morgan fingerprint density at radius 3 is 2.41 bits per heavy atom. The van der Waals surface area contributed by atoms with Crippen LogP contribution in [-0.4, -0.2) is 11.2 Å². The molecule has 1 saturated carbocycles. The molecule has 1 N–H and O–H groups in total. The van der Waals surface area contributed by atoms with Crippen molar-refractivity contribution < 1.29 is 18.7 Å². The van der Waals surface area contributed by atoms with Gasteiger partial charge in [0.15, 0.2) is 11.6 Å². The first-order valence-corrected chi connectivity index (χ1v) is 5.36. The summed E-state index contributed by atoms with van der Waals surface area (Å²) in [4.78, 5) is 14.2. The van der Waals surface area contributed by atoms with E-state index in [1.807, 2.05) is 0 Å². The molecule has 1 aromatic carbocycles. The van der Waals surface area contributed by atoms with Gasteiger partial charge < -0.3 is 5.11 Å². The summed E-state index contributed by atoms with van der Waals surface area (Å²) in [5.41, 5.74) is -0.780. The van der Waals surface area contributed by atoms with E-state index in [9.17, 15) is 18.7 Å². The number of nitrogens with zero attached hydrogens (tertiary/aromatic N) is 1. The van der Waals surface area contributed by atoms with Crippen molar-refractivity contribution in [2.24, 2.45) is 4.99 Å². The minimum atomic E-state index is -1.12. The third kappa shape index (κ3) is 1.94. The van der Waals surface area contributed by atoms with Crippen molar-refractivity contribution in [1.29, 1.82) is 0 Å². The highest BCUT2D eigenvalue weighted by Crippen LogP contribution is 2.45. The van der Waals surface area contributed by atoms with Crippen LogP contribution < -0.4 is 0 Å². The maximum atomic E-state index is 13.2. The van der Waals surface area contributed by atoms with Gasteiger partial charge in [-0.3, -0.25) is 0 Å². The van der Waals surface area contributed by atoms with Crippen molar-refractivity contribution in [3.05, 3.63) is 29.3 Å². The molecule has 2 rings (SSSR count). The lowest BCUT2D eigenvalue weighted by Crippen LogP contribution is -2.19. The van der Waals surface area contributed by atoms with Crippen LogP contribution in [0.2, 0.25) is 0 Å². The lowest BCUT2D eigenvalue weighted by Gasteiger charge is -2.23. The van der Waals surface area contributed by atoms with E-state index < -0.39 is 17.2 Å². The molecule has 1 aliphatic carbocycles. The molecule has 90 valence electrons. The second-order valence-electron chi connectivity index (χ2n) is 4.23. The van der Waals surface area contributed by atoms with Crippen molar-refractivity contribution in [2.75, 3.05) is 0 Å². The molecular formula is C12H11F2NO2. The number of aliphatic imine (C=N–C) groups is 1. The smallest absolute Gasteiger partial charge is 0.235 e. The molecule has 1 fully saturated rings. The highest BCUT2D eigenvalue weighted by atomic mass is 19.2. The van der Waals surface area contributed by atoms with Crippen molar-refractivity contribution in [2.45, 2.75) is 31.2 Å². The van der Waals surface area contributed by atoms with E-state index in [2.05, 4.69) is 4.99 Å². The molecule has 17 heavy (non-hydrogen) atoms. The number of halogens is 2. The number of carbonyl (C=O) groups excluding carboxylic acids is 1. The van der Waals surface area contributed by atoms with E-state index in [0.29, 0.717) is 18.9 Å². The van der Waals surface area contributed by atoms with Crippen molar-refractivity contribution in [1.82, 2.24) is 0 Å². The van der Waals surface area contributed by atoms with Gasteiger partial charge in [0.05, 0.1) is 0 Å². The number of aromatic hydroxyl groups is 1. The van der Waals surface area contributed by atoms with Crippen LogP contribution in [0.3, 0.4) is 0 Å². The fourth-order valence-corrected chi connectivity index (χ4v) is 2.40. The fraction of sp³-hybridized carbons (Fsp3) is 0.417. The lowest BCUT2D eigenvalue weighted by molar-refractivity contribution is 0.396. The van der Waals surface area contributed by atoms with Crippen LogP contribution in [0.4, 0.5) is 8.78 Å². The molecule has 1 aromatic rings. The Hall–Kier alpha value is -1.74. The Morgan fingerprint density at radius 2 is 1.82 bits per heavy atom. The van der Waals surface area contributed by atoms with Gasteiger partial charge in [0, 0.05) is 11.6 Å². The number of rotatable bonds is 2. The van der Waals surface area contributed by atoms with Gasteiger partial charge in [0.2, 0.25) is 6.08 Å². The topological polar surface area (TPSA) is 49.7 Å². The maximum absolute atomic E-state index is 13.2. The van der Waals surface area contributed by atoms with Crippen LogP contribution in [0.25, 0.3) is 0 Å². The van der Waals surface area contributed by atoms with Gasteiger partial charge >= 0.3 is 0 Å². The molecule has 0 bridgehead atoms. The predicted octanol–water partition coefficient (Wildman–Crippen LogP) is 2.78. The average Bonchev–Trinajstić information content (AvgIpc) is 2.73. The van der Waals surface area contributed by atoms with Gasteiger partial charge in [-0.25, -0.2) is 13.6 Å². The van der Waals surface area contributed by atoms with E-state index >= 15 is 0 Å². The Labute approximate surface area is 96.8 Å². The van der Waals surface area contributed by atoms with Crippen LogP contribution in [0.5, 0.6) is 5.75 Å².